The molecule has 1 amide bonds. The van der Waals surface area contributed by atoms with E-state index in [4.69, 9.17) is 4.98 Å². The van der Waals surface area contributed by atoms with Gasteiger partial charge in [-0.1, -0.05) is 60.7 Å². The minimum atomic E-state index is -1.03. The smallest absolute Gasteiger partial charge is 0.335 e. The van der Waals surface area contributed by atoms with E-state index in [-0.39, 0.29) is 11.5 Å². The Morgan fingerprint density at radius 3 is 2.26 bits per heavy atom. The number of aromatic nitrogens is 2. The molecule has 1 heterocycles. The first kappa shape index (κ1) is 27.6. The Labute approximate surface area is 253 Å². The first-order valence-electron chi connectivity index (χ1n) is 15.7. The summed E-state index contributed by atoms with van der Waals surface area (Å²) in [7, 11) is 0. The largest absolute Gasteiger partial charge is 0.478 e. The molecule has 220 valence electrons. The summed E-state index contributed by atoms with van der Waals surface area (Å²) < 4.78 is 2.26. The van der Waals surface area contributed by atoms with Gasteiger partial charge in [-0.2, -0.15) is 0 Å². The van der Waals surface area contributed by atoms with Gasteiger partial charge in [-0.3, -0.25) is 4.79 Å². The molecule has 4 bridgehead atoms. The Morgan fingerprint density at radius 2 is 1.58 bits per heavy atom. The number of anilines is 1. The van der Waals surface area contributed by atoms with Crippen molar-refractivity contribution < 1.29 is 14.7 Å². The Kier molecular flexibility index (Phi) is 7.16. The molecule has 6 heteroatoms. The molecule has 2 N–H and O–H groups in total. The minimum absolute atomic E-state index is 0.134. The number of aryl methyl sites for hydroxylation is 1. The van der Waals surface area contributed by atoms with E-state index in [1.165, 1.54) is 50.7 Å². The molecular weight excluding hydrogens is 534 g/mol. The summed E-state index contributed by atoms with van der Waals surface area (Å²) in [6.45, 7) is 2.71. The van der Waals surface area contributed by atoms with Crippen LogP contribution in [0.1, 0.15) is 82.6 Å². The third-order valence-electron chi connectivity index (χ3n) is 10.3. The normalized spacial score (nSPS) is 23.8. The predicted octanol–water partition coefficient (Wildman–Crippen LogP) is 8.01. The molecule has 8 rings (SSSR count). The summed E-state index contributed by atoms with van der Waals surface area (Å²) in [4.78, 5) is 30.7. The van der Waals surface area contributed by atoms with Crippen molar-refractivity contribution in [2.24, 2.45) is 23.2 Å². The summed E-state index contributed by atoms with van der Waals surface area (Å²) in [5.41, 5.74) is 5.62. The number of benzene rings is 3. The number of rotatable bonds is 9. The monoisotopic (exact) mass is 573 g/mol. The molecule has 4 aromatic rings. The van der Waals surface area contributed by atoms with Crippen LogP contribution in [-0.4, -0.2) is 26.5 Å². The van der Waals surface area contributed by atoms with E-state index in [0.29, 0.717) is 23.3 Å². The average molecular weight is 574 g/mol. The molecule has 6 nitrogen and oxygen atoms in total. The van der Waals surface area contributed by atoms with Crippen LogP contribution in [0.2, 0.25) is 0 Å². The van der Waals surface area contributed by atoms with E-state index >= 15 is 0 Å². The van der Waals surface area contributed by atoms with E-state index < -0.39 is 5.97 Å². The lowest BCUT2D eigenvalue weighted by Gasteiger charge is -2.57. The molecule has 0 aliphatic heterocycles. The van der Waals surface area contributed by atoms with Gasteiger partial charge in [0.15, 0.2) is 0 Å². The van der Waals surface area contributed by atoms with E-state index in [1.807, 2.05) is 18.2 Å². The number of carbonyl (C=O) groups excluding carboxylic acids is 1. The maximum Gasteiger partial charge on any atom is 0.335 e. The lowest BCUT2D eigenvalue weighted by atomic mass is 9.48. The third-order valence-corrected chi connectivity index (χ3v) is 10.3. The van der Waals surface area contributed by atoms with Gasteiger partial charge in [0.25, 0.3) is 5.91 Å². The second-order valence-electron chi connectivity index (χ2n) is 13.4. The Balaban J connectivity index is 1.30. The SMILES string of the molecule is Cc1ccccc1-c1nc(C(=O)Nc2cccc(C(=O)O)c2)c(CCC23CC4CC(CC(C4)C2)C3)n1Cc1ccccc1. The van der Waals surface area contributed by atoms with Crippen LogP contribution in [0.5, 0.6) is 0 Å². The van der Waals surface area contributed by atoms with E-state index in [0.717, 1.165) is 58.8 Å². The van der Waals surface area contributed by atoms with Crippen molar-refractivity contribution in [2.45, 2.75) is 64.8 Å². The van der Waals surface area contributed by atoms with Crippen LogP contribution in [-0.2, 0) is 13.0 Å². The van der Waals surface area contributed by atoms with Gasteiger partial charge in [-0.15, -0.1) is 0 Å². The zero-order valence-corrected chi connectivity index (χ0v) is 24.8. The zero-order chi connectivity index (χ0) is 29.6. The van der Waals surface area contributed by atoms with Crippen LogP contribution in [0.25, 0.3) is 11.4 Å². The van der Waals surface area contributed by atoms with Gasteiger partial charge in [0.1, 0.15) is 11.5 Å². The molecule has 0 spiro atoms. The Morgan fingerprint density at radius 1 is 0.907 bits per heavy atom. The van der Waals surface area contributed by atoms with Gasteiger partial charge >= 0.3 is 5.97 Å². The van der Waals surface area contributed by atoms with E-state index in [2.05, 4.69) is 53.2 Å². The van der Waals surface area contributed by atoms with Crippen molar-refractivity contribution in [3.63, 3.8) is 0 Å². The quantitative estimate of drug-likeness (QED) is 0.212. The maximum atomic E-state index is 14.0. The van der Waals surface area contributed by atoms with Crippen LogP contribution in [0.3, 0.4) is 0 Å². The minimum Gasteiger partial charge on any atom is -0.478 e. The van der Waals surface area contributed by atoms with E-state index in [9.17, 15) is 14.7 Å². The molecule has 4 fully saturated rings. The number of amides is 1. The average Bonchev–Trinajstić information content (AvgIpc) is 3.34. The van der Waals surface area contributed by atoms with Crippen molar-refractivity contribution >= 4 is 17.6 Å². The molecule has 43 heavy (non-hydrogen) atoms. The number of carboxylic acids is 1. The number of nitrogens with one attached hydrogen (secondary N) is 1. The van der Waals surface area contributed by atoms with Crippen LogP contribution >= 0.6 is 0 Å². The Bertz CT molecular complexity index is 1640. The lowest BCUT2D eigenvalue weighted by molar-refractivity contribution is -0.0571. The van der Waals surface area contributed by atoms with Crippen molar-refractivity contribution in [1.82, 2.24) is 9.55 Å². The zero-order valence-electron chi connectivity index (χ0n) is 24.8. The number of nitrogens with zero attached hydrogens (tertiary/aromatic N) is 2. The molecule has 0 atom stereocenters. The summed E-state index contributed by atoms with van der Waals surface area (Å²) in [5, 5.41) is 12.5. The van der Waals surface area contributed by atoms with Crippen LogP contribution in [0, 0.1) is 30.1 Å². The fraction of sp³-hybridized carbons (Fsp3) is 0.378. The first-order valence-corrected chi connectivity index (χ1v) is 15.7. The second-order valence-corrected chi connectivity index (χ2v) is 13.4. The van der Waals surface area contributed by atoms with Gasteiger partial charge in [0.05, 0.1) is 11.3 Å². The number of carboxylic acid groups (broad SMARTS) is 1. The van der Waals surface area contributed by atoms with E-state index in [1.54, 1.807) is 12.1 Å². The number of aromatic carboxylic acids is 1. The molecule has 0 saturated heterocycles. The first-order chi connectivity index (χ1) is 20.9. The molecule has 3 aromatic carbocycles. The topological polar surface area (TPSA) is 84.2 Å². The van der Waals surface area contributed by atoms with Gasteiger partial charge in [-0.25, -0.2) is 9.78 Å². The molecule has 4 saturated carbocycles. The number of hydrogen-bond donors (Lipinski definition) is 2. The van der Waals surface area contributed by atoms with Gasteiger partial charge in [-0.05, 0) is 111 Å². The number of carbonyl (C=O) groups is 2. The fourth-order valence-corrected chi connectivity index (χ4v) is 8.79. The maximum absolute atomic E-state index is 14.0. The van der Waals surface area contributed by atoms with Crippen molar-refractivity contribution in [1.29, 1.82) is 0 Å². The highest BCUT2D eigenvalue weighted by molar-refractivity contribution is 6.04. The van der Waals surface area contributed by atoms with Crippen LogP contribution < -0.4 is 5.32 Å². The Hall–Kier alpha value is -4.19. The second kappa shape index (κ2) is 11.1. The van der Waals surface area contributed by atoms with Crippen LogP contribution in [0.4, 0.5) is 5.69 Å². The number of imidazole rings is 1. The molecule has 0 unspecified atom stereocenters. The fourth-order valence-electron chi connectivity index (χ4n) is 8.79. The molecule has 1 aromatic heterocycles. The summed E-state index contributed by atoms with van der Waals surface area (Å²) in [6.07, 6.45) is 10.0. The summed E-state index contributed by atoms with van der Waals surface area (Å²) in [6, 6.07) is 25.0. The number of hydrogen-bond acceptors (Lipinski definition) is 3. The van der Waals surface area contributed by atoms with Crippen molar-refractivity contribution in [2.75, 3.05) is 5.32 Å². The highest BCUT2D eigenvalue weighted by Gasteiger charge is 2.50. The molecule has 4 aliphatic carbocycles. The third kappa shape index (κ3) is 5.51. The van der Waals surface area contributed by atoms with Gasteiger partial charge < -0.3 is 15.0 Å². The molecular formula is C37H39N3O3. The highest BCUT2D eigenvalue weighted by Crippen LogP contribution is 2.61. The predicted molar refractivity (Wildman–Crippen MR) is 168 cm³/mol. The lowest BCUT2D eigenvalue weighted by Crippen LogP contribution is -2.46. The highest BCUT2D eigenvalue weighted by atomic mass is 16.4. The van der Waals surface area contributed by atoms with Gasteiger partial charge in [0.2, 0.25) is 0 Å². The van der Waals surface area contributed by atoms with Crippen molar-refractivity contribution in [3.05, 3.63) is 107 Å². The van der Waals surface area contributed by atoms with Gasteiger partial charge in [0, 0.05) is 17.8 Å². The molecule has 4 aliphatic rings. The summed E-state index contributed by atoms with van der Waals surface area (Å²) >= 11 is 0. The standard InChI is InChI=1S/C37H39N3O3/c1-24-8-5-6-13-31(24)34-39-33(35(41)38-30-12-7-11-29(19-30)36(42)43)32(40(34)23-25-9-3-2-4-10-25)14-15-37-20-26-16-27(21-37)18-28(17-26)22-37/h2-13,19,26-28H,14-18,20-23H2,1H3,(H,38,41)(H,42,43). The molecule has 0 radical (unpaired) electrons. The summed E-state index contributed by atoms with van der Waals surface area (Å²) in [5.74, 6) is 2.07. The van der Waals surface area contributed by atoms with Crippen molar-refractivity contribution in [3.8, 4) is 11.4 Å². The van der Waals surface area contributed by atoms with Crippen LogP contribution in [0.15, 0.2) is 78.9 Å².